The minimum atomic E-state index is -0.525. The van der Waals surface area contributed by atoms with Gasteiger partial charge in [-0.15, -0.1) is 0 Å². The van der Waals surface area contributed by atoms with E-state index in [4.69, 9.17) is 23.7 Å². The van der Waals surface area contributed by atoms with E-state index in [-0.39, 0.29) is 5.97 Å². The molecular formula is C29H30O6. The van der Waals surface area contributed by atoms with Gasteiger partial charge in [-0.2, -0.15) is 0 Å². The van der Waals surface area contributed by atoms with Gasteiger partial charge in [0.15, 0.2) is 11.5 Å². The Kier molecular flexibility index (Phi) is 7.01. The molecular weight excluding hydrogens is 444 g/mol. The second-order valence-corrected chi connectivity index (χ2v) is 8.55. The van der Waals surface area contributed by atoms with Gasteiger partial charge in [0, 0.05) is 0 Å². The Bertz CT molecular complexity index is 1230. The largest absolute Gasteiger partial charge is 0.497 e. The summed E-state index contributed by atoms with van der Waals surface area (Å²) < 4.78 is 27.9. The Morgan fingerprint density at radius 2 is 1.37 bits per heavy atom. The van der Waals surface area contributed by atoms with E-state index >= 15 is 0 Å². The van der Waals surface area contributed by atoms with Crippen LogP contribution in [0.2, 0.25) is 0 Å². The molecule has 0 saturated carbocycles. The van der Waals surface area contributed by atoms with Crippen LogP contribution in [0.15, 0.2) is 60.2 Å². The van der Waals surface area contributed by atoms with Crippen LogP contribution >= 0.6 is 0 Å². The second-order valence-electron chi connectivity index (χ2n) is 8.55. The highest BCUT2D eigenvalue weighted by Gasteiger charge is 2.36. The monoisotopic (exact) mass is 474 g/mol. The summed E-state index contributed by atoms with van der Waals surface area (Å²) in [5.74, 6) is 2.04. The molecule has 4 rings (SSSR count). The van der Waals surface area contributed by atoms with Crippen molar-refractivity contribution in [1.82, 2.24) is 0 Å². The maximum absolute atomic E-state index is 13.3. The van der Waals surface area contributed by atoms with Gasteiger partial charge in [-0.25, -0.2) is 4.79 Å². The summed E-state index contributed by atoms with van der Waals surface area (Å²) in [5.41, 5.74) is 6.27. The highest BCUT2D eigenvalue weighted by Crippen LogP contribution is 2.44. The Hall–Kier alpha value is -3.93. The van der Waals surface area contributed by atoms with Crippen LogP contribution in [0.25, 0.3) is 5.57 Å². The molecule has 0 N–H and O–H groups in total. The third kappa shape index (κ3) is 4.83. The number of esters is 1. The number of benzene rings is 3. The van der Waals surface area contributed by atoms with Crippen molar-refractivity contribution < 1.29 is 28.5 Å². The van der Waals surface area contributed by atoms with Gasteiger partial charge in [-0.05, 0) is 66.8 Å². The van der Waals surface area contributed by atoms with E-state index in [0.717, 1.165) is 39.1 Å². The second kappa shape index (κ2) is 10.1. The average Bonchev–Trinajstić information content (AvgIpc) is 3.18. The highest BCUT2D eigenvalue weighted by molar-refractivity contribution is 6.20. The van der Waals surface area contributed by atoms with Crippen molar-refractivity contribution in [1.29, 1.82) is 0 Å². The van der Waals surface area contributed by atoms with E-state index < -0.39 is 6.10 Å². The number of cyclic esters (lactones) is 1. The summed E-state index contributed by atoms with van der Waals surface area (Å²) in [6.07, 6.45) is -0.0649. The predicted molar refractivity (Wildman–Crippen MR) is 134 cm³/mol. The standard InChI is InChI=1S/C29H30O6/c1-17-11-18(2)13-21(12-17)26-23(14-19-15-24(32-4)28(34-6)25(16-19)33-5)27(35-29(26)30)20-7-9-22(31-3)10-8-20/h7-13,15-16,27H,14H2,1-6H3. The zero-order chi connectivity index (χ0) is 25.1. The predicted octanol–water partition coefficient (Wildman–Crippen LogP) is 5.63. The molecule has 0 bridgehead atoms. The van der Waals surface area contributed by atoms with Gasteiger partial charge in [0.25, 0.3) is 0 Å². The van der Waals surface area contributed by atoms with E-state index in [1.807, 2.05) is 62.4 Å². The summed E-state index contributed by atoms with van der Waals surface area (Å²) in [6, 6.07) is 17.5. The van der Waals surface area contributed by atoms with E-state index in [1.165, 1.54) is 0 Å². The van der Waals surface area contributed by atoms with Crippen LogP contribution in [0.3, 0.4) is 0 Å². The normalized spacial score (nSPS) is 15.1. The first-order valence-electron chi connectivity index (χ1n) is 11.3. The van der Waals surface area contributed by atoms with Crippen molar-refractivity contribution in [3.63, 3.8) is 0 Å². The third-order valence-corrected chi connectivity index (χ3v) is 6.11. The number of hydrogen-bond acceptors (Lipinski definition) is 6. The molecule has 1 aliphatic heterocycles. The molecule has 1 atom stereocenters. The Labute approximate surface area is 206 Å². The quantitative estimate of drug-likeness (QED) is 0.394. The molecule has 1 unspecified atom stereocenters. The van der Waals surface area contributed by atoms with Crippen LogP contribution in [0.4, 0.5) is 0 Å². The number of aryl methyl sites for hydroxylation is 2. The molecule has 0 aromatic heterocycles. The molecule has 6 nitrogen and oxygen atoms in total. The van der Waals surface area contributed by atoms with Crippen molar-refractivity contribution in [2.24, 2.45) is 0 Å². The van der Waals surface area contributed by atoms with Crippen LogP contribution in [0, 0.1) is 13.8 Å². The van der Waals surface area contributed by atoms with Gasteiger partial charge in [0.1, 0.15) is 11.9 Å². The summed E-state index contributed by atoms with van der Waals surface area (Å²) >= 11 is 0. The van der Waals surface area contributed by atoms with E-state index in [2.05, 4.69) is 6.07 Å². The molecule has 182 valence electrons. The smallest absolute Gasteiger partial charge is 0.339 e. The van der Waals surface area contributed by atoms with Gasteiger partial charge in [0.05, 0.1) is 34.0 Å². The fraction of sp³-hybridized carbons (Fsp3) is 0.276. The topological polar surface area (TPSA) is 63.2 Å². The maximum Gasteiger partial charge on any atom is 0.339 e. The van der Waals surface area contributed by atoms with E-state index in [9.17, 15) is 4.79 Å². The van der Waals surface area contributed by atoms with Crippen LogP contribution in [0.1, 0.15) is 33.9 Å². The number of rotatable bonds is 8. The lowest BCUT2D eigenvalue weighted by Gasteiger charge is -2.18. The molecule has 0 fully saturated rings. The lowest BCUT2D eigenvalue weighted by molar-refractivity contribution is -0.138. The lowest BCUT2D eigenvalue weighted by Crippen LogP contribution is -2.05. The van der Waals surface area contributed by atoms with Crippen molar-refractivity contribution in [2.75, 3.05) is 28.4 Å². The molecule has 0 radical (unpaired) electrons. The molecule has 0 amide bonds. The molecule has 6 heteroatoms. The van der Waals surface area contributed by atoms with Crippen LogP contribution in [0.5, 0.6) is 23.0 Å². The van der Waals surface area contributed by atoms with Crippen molar-refractivity contribution in [2.45, 2.75) is 26.4 Å². The fourth-order valence-electron chi connectivity index (χ4n) is 4.61. The summed E-state index contributed by atoms with van der Waals surface area (Å²) in [5, 5.41) is 0. The lowest BCUT2D eigenvalue weighted by atomic mass is 9.89. The van der Waals surface area contributed by atoms with Crippen molar-refractivity contribution in [3.05, 3.63) is 88.0 Å². The molecule has 35 heavy (non-hydrogen) atoms. The molecule has 3 aromatic carbocycles. The number of ether oxygens (including phenoxy) is 5. The first-order valence-corrected chi connectivity index (χ1v) is 11.3. The number of hydrogen-bond donors (Lipinski definition) is 0. The zero-order valence-corrected chi connectivity index (χ0v) is 20.9. The van der Waals surface area contributed by atoms with Crippen LogP contribution in [-0.2, 0) is 16.0 Å². The Balaban J connectivity index is 1.88. The summed E-state index contributed by atoms with van der Waals surface area (Å²) in [4.78, 5) is 13.3. The zero-order valence-electron chi connectivity index (χ0n) is 20.9. The minimum Gasteiger partial charge on any atom is -0.497 e. The Morgan fingerprint density at radius 3 is 1.89 bits per heavy atom. The molecule has 0 saturated heterocycles. The van der Waals surface area contributed by atoms with Crippen molar-refractivity contribution in [3.8, 4) is 23.0 Å². The third-order valence-electron chi connectivity index (χ3n) is 6.11. The molecule has 3 aromatic rings. The molecule has 1 aliphatic rings. The molecule has 1 heterocycles. The van der Waals surface area contributed by atoms with Gasteiger partial charge in [0.2, 0.25) is 5.75 Å². The van der Waals surface area contributed by atoms with Crippen LogP contribution < -0.4 is 18.9 Å². The number of carbonyl (C=O) groups is 1. The SMILES string of the molecule is COc1ccc(C2OC(=O)C(c3cc(C)cc(C)c3)=C2Cc2cc(OC)c(OC)c(OC)c2)cc1. The maximum atomic E-state index is 13.3. The van der Waals surface area contributed by atoms with E-state index in [1.54, 1.807) is 28.4 Å². The number of carbonyl (C=O) groups excluding carboxylic acids is 1. The fourth-order valence-corrected chi connectivity index (χ4v) is 4.61. The molecule has 0 aliphatic carbocycles. The minimum absolute atomic E-state index is 0.335. The summed E-state index contributed by atoms with van der Waals surface area (Å²) in [6.45, 7) is 4.05. The van der Waals surface area contributed by atoms with E-state index in [0.29, 0.717) is 29.2 Å². The van der Waals surface area contributed by atoms with Gasteiger partial charge >= 0.3 is 5.97 Å². The first kappa shape index (κ1) is 24.2. The van der Waals surface area contributed by atoms with Crippen LogP contribution in [-0.4, -0.2) is 34.4 Å². The molecule has 0 spiro atoms. The average molecular weight is 475 g/mol. The van der Waals surface area contributed by atoms with Gasteiger partial charge in [-0.3, -0.25) is 0 Å². The van der Waals surface area contributed by atoms with Gasteiger partial charge in [-0.1, -0.05) is 41.5 Å². The van der Waals surface area contributed by atoms with Crippen molar-refractivity contribution >= 4 is 11.5 Å². The summed E-state index contributed by atoms with van der Waals surface area (Å²) in [7, 11) is 6.37. The number of methoxy groups -OCH3 is 4. The van der Waals surface area contributed by atoms with Gasteiger partial charge < -0.3 is 23.7 Å². The first-order chi connectivity index (χ1) is 16.9. The highest BCUT2D eigenvalue weighted by atomic mass is 16.5. The Morgan fingerprint density at radius 1 is 0.771 bits per heavy atom.